The fourth-order valence-corrected chi connectivity index (χ4v) is 3.22. The van der Waals surface area contributed by atoms with E-state index in [0.29, 0.717) is 5.39 Å². The van der Waals surface area contributed by atoms with E-state index in [1.165, 1.54) is 26.1 Å². The predicted octanol–water partition coefficient (Wildman–Crippen LogP) is 0.769. The fraction of sp³-hybridized carbons (Fsp3) is 0.444. The smallest absolute Gasteiger partial charge is 0.351 e. The minimum absolute atomic E-state index is 0.124. The molecule has 4 atom stereocenters. The van der Waals surface area contributed by atoms with E-state index in [2.05, 4.69) is 9.97 Å². The molecule has 0 amide bonds. The number of ether oxygens (including phenoxy) is 4. The molecule has 1 aliphatic heterocycles. The number of carbonyl (C=O) groups excluding carboxylic acids is 3. The summed E-state index contributed by atoms with van der Waals surface area (Å²) in [5, 5.41) is 0.634. The van der Waals surface area contributed by atoms with Crippen molar-refractivity contribution in [2.24, 2.45) is 0 Å². The van der Waals surface area contributed by atoms with Gasteiger partial charge in [0.2, 0.25) is 0 Å². The lowest BCUT2D eigenvalue weighted by Crippen LogP contribution is -2.41. The van der Waals surface area contributed by atoms with E-state index in [0.717, 1.165) is 11.5 Å². The molecular formula is C18H18ClN3O8. The third-order valence-electron chi connectivity index (χ3n) is 4.19. The number of aromatic nitrogens is 3. The summed E-state index contributed by atoms with van der Waals surface area (Å²) < 4.78 is 22.5. The van der Waals surface area contributed by atoms with Crippen molar-refractivity contribution in [1.29, 1.82) is 0 Å². The first-order chi connectivity index (χ1) is 14.2. The van der Waals surface area contributed by atoms with Crippen LogP contribution in [0.1, 0.15) is 27.0 Å². The highest BCUT2D eigenvalue weighted by molar-refractivity contribution is 6.29. The van der Waals surface area contributed by atoms with Gasteiger partial charge in [-0.25, -0.2) is 9.78 Å². The molecule has 0 spiro atoms. The average molecular weight is 440 g/mol. The monoisotopic (exact) mass is 439 g/mol. The highest BCUT2D eigenvalue weighted by Crippen LogP contribution is 2.34. The first-order valence-electron chi connectivity index (χ1n) is 8.84. The Kier molecular flexibility index (Phi) is 6.32. The van der Waals surface area contributed by atoms with Crippen LogP contribution in [0.3, 0.4) is 0 Å². The molecule has 0 unspecified atom stereocenters. The third kappa shape index (κ3) is 4.74. The first kappa shape index (κ1) is 21.7. The maximum atomic E-state index is 12.6. The fourth-order valence-electron chi connectivity index (χ4n) is 3.08. The van der Waals surface area contributed by atoms with Crippen LogP contribution < -0.4 is 5.69 Å². The number of esters is 3. The van der Waals surface area contributed by atoms with Gasteiger partial charge in [0.1, 0.15) is 17.9 Å². The number of carbonyl (C=O) groups is 3. The third-order valence-corrected chi connectivity index (χ3v) is 4.40. The number of pyridine rings is 1. The Morgan fingerprint density at radius 1 is 1.07 bits per heavy atom. The summed E-state index contributed by atoms with van der Waals surface area (Å²) in [7, 11) is 0. The van der Waals surface area contributed by atoms with Gasteiger partial charge in [-0.2, -0.15) is 4.98 Å². The van der Waals surface area contributed by atoms with Crippen LogP contribution in [-0.2, 0) is 33.3 Å². The molecule has 0 radical (unpaired) electrons. The maximum Gasteiger partial charge on any atom is 0.351 e. The topological polar surface area (TPSA) is 136 Å². The average Bonchev–Trinajstić information content (AvgIpc) is 2.95. The van der Waals surface area contributed by atoms with Gasteiger partial charge in [-0.3, -0.25) is 19.0 Å². The second kappa shape index (κ2) is 8.76. The molecule has 11 nitrogen and oxygen atoms in total. The standard InChI is InChI=1S/C18H18ClN3O8/c1-8(23)27-7-12-14(28-9(2)24)15(29-10(3)25)17(30-12)22-6-11-4-5-13(19)20-16(11)21-18(22)26/h4-6,12,14-15,17H,7H2,1-3H3/t12-,14-,15-,17-/m1/s1. The minimum atomic E-state index is -1.20. The van der Waals surface area contributed by atoms with Crippen LogP contribution >= 0.6 is 11.6 Å². The van der Waals surface area contributed by atoms with Gasteiger partial charge in [0, 0.05) is 32.4 Å². The largest absolute Gasteiger partial charge is 0.463 e. The van der Waals surface area contributed by atoms with Crippen molar-refractivity contribution in [3.05, 3.63) is 34.0 Å². The lowest BCUT2D eigenvalue weighted by atomic mass is 10.1. The quantitative estimate of drug-likeness (QED) is 0.373. The van der Waals surface area contributed by atoms with Crippen molar-refractivity contribution >= 4 is 40.5 Å². The summed E-state index contributed by atoms with van der Waals surface area (Å²) in [5.74, 6) is -1.94. The molecular weight excluding hydrogens is 422 g/mol. The lowest BCUT2D eigenvalue weighted by molar-refractivity contribution is -0.166. The number of hydrogen-bond donors (Lipinski definition) is 0. The van der Waals surface area contributed by atoms with Crippen LogP contribution in [0.4, 0.5) is 0 Å². The maximum absolute atomic E-state index is 12.6. The van der Waals surface area contributed by atoms with Gasteiger partial charge in [0.15, 0.2) is 24.1 Å². The molecule has 1 aliphatic rings. The number of halogens is 1. The van der Waals surface area contributed by atoms with E-state index in [9.17, 15) is 19.2 Å². The summed E-state index contributed by atoms with van der Waals surface area (Å²) >= 11 is 5.83. The number of fused-ring (bicyclic) bond motifs is 1. The summed E-state index contributed by atoms with van der Waals surface area (Å²) in [5.41, 5.74) is -0.632. The first-order valence-corrected chi connectivity index (χ1v) is 9.22. The molecule has 3 heterocycles. The molecule has 0 saturated carbocycles. The van der Waals surface area contributed by atoms with E-state index in [1.807, 2.05) is 0 Å². The molecule has 0 aromatic carbocycles. The molecule has 1 fully saturated rings. The van der Waals surface area contributed by atoms with Crippen LogP contribution in [0, 0.1) is 0 Å². The molecule has 30 heavy (non-hydrogen) atoms. The van der Waals surface area contributed by atoms with Crippen LogP contribution in [0.5, 0.6) is 0 Å². The predicted molar refractivity (Wildman–Crippen MR) is 100 cm³/mol. The van der Waals surface area contributed by atoms with Crippen molar-refractivity contribution in [2.45, 2.75) is 45.3 Å². The van der Waals surface area contributed by atoms with Crippen molar-refractivity contribution in [2.75, 3.05) is 6.61 Å². The number of rotatable bonds is 5. The van der Waals surface area contributed by atoms with Crippen LogP contribution in [0.15, 0.2) is 23.1 Å². The van der Waals surface area contributed by atoms with Crippen LogP contribution in [0.25, 0.3) is 11.0 Å². The van der Waals surface area contributed by atoms with Gasteiger partial charge in [0.05, 0.1) is 0 Å². The van der Waals surface area contributed by atoms with Gasteiger partial charge in [0.25, 0.3) is 0 Å². The van der Waals surface area contributed by atoms with Crippen molar-refractivity contribution < 1.29 is 33.3 Å². The highest BCUT2D eigenvalue weighted by atomic mass is 35.5. The highest BCUT2D eigenvalue weighted by Gasteiger charge is 2.51. The Balaban J connectivity index is 2.04. The molecule has 0 aliphatic carbocycles. The van der Waals surface area contributed by atoms with Crippen molar-refractivity contribution in [1.82, 2.24) is 14.5 Å². The van der Waals surface area contributed by atoms with E-state index >= 15 is 0 Å². The zero-order valence-corrected chi connectivity index (χ0v) is 17.0. The Morgan fingerprint density at radius 2 is 1.73 bits per heavy atom. The van der Waals surface area contributed by atoms with Gasteiger partial charge in [-0.05, 0) is 12.1 Å². The minimum Gasteiger partial charge on any atom is -0.463 e. The summed E-state index contributed by atoms with van der Waals surface area (Å²) in [4.78, 5) is 55.0. The molecule has 2 aromatic heterocycles. The molecule has 12 heteroatoms. The van der Waals surface area contributed by atoms with Crippen molar-refractivity contribution in [3.8, 4) is 0 Å². The number of nitrogens with zero attached hydrogens (tertiary/aromatic N) is 3. The Morgan fingerprint density at radius 3 is 2.37 bits per heavy atom. The van der Waals surface area contributed by atoms with E-state index < -0.39 is 48.1 Å². The van der Waals surface area contributed by atoms with E-state index in [4.69, 9.17) is 30.5 Å². The Hall–Kier alpha value is -3.05. The van der Waals surface area contributed by atoms with Gasteiger partial charge >= 0.3 is 23.6 Å². The Bertz CT molecular complexity index is 1060. The van der Waals surface area contributed by atoms with Crippen molar-refractivity contribution in [3.63, 3.8) is 0 Å². The zero-order chi connectivity index (χ0) is 22.0. The van der Waals surface area contributed by atoms with Crippen LogP contribution in [0.2, 0.25) is 5.15 Å². The molecule has 3 rings (SSSR count). The molecule has 160 valence electrons. The molecule has 0 N–H and O–H groups in total. The normalized spacial score (nSPS) is 23.2. The number of hydrogen-bond acceptors (Lipinski definition) is 10. The van der Waals surface area contributed by atoms with Gasteiger partial charge in [-0.1, -0.05) is 11.6 Å². The van der Waals surface area contributed by atoms with Gasteiger partial charge in [-0.15, -0.1) is 0 Å². The molecule has 0 bridgehead atoms. The van der Waals surface area contributed by atoms with E-state index in [-0.39, 0.29) is 17.4 Å². The SMILES string of the molecule is CC(=O)OC[C@H]1O[C@@H](n2cc3ccc(Cl)nc3nc2=O)[C@H](OC(C)=O)[C@@H]1OC(C)=O. The molecule has 1 saturated heterocycles. The summed E-state index contributed by atoms with van der Waals surface area (Å²) in [6.45, 7) is 3.25. The Labute approximate surface area is 174 Å². The second-order valence-corrected chi connectivity index (χ2v) is 6.88. The summed E-state index contributed by atoms with van der Waals surface area (Å²) in [6, 6.07) is 3.12. The molecule has 2 aromatic rings. The van der Waals surface area contributed by atoms with Gasteiger partial charge < -0.3 is 18.9 Å². The zero-order valence-electron chi connectivity index (χ0n) is 16.2. The van der Waals surface area contributed by atoms with Crippen LogP contribution in [-0.4, -0.2) is 57.4 Å². The second-order valence-electron chi connectivity index (χ2n) is 6.49. The van der Waals surface area contributed by atoms with E-state index in [1.54, 1.807) is 6.07 Å². The lowest BCUT2D eigenvalue weighted by Gasteiger charge is -2.23. The summed E-state index contributed by atoms with van der Waals surface area (Å²) in [6.07, 6.45) is -3.09.